The van der Waals surface area contributed by atoms with Gasteiger partial charge in [0.25, 0.3) is 0 Å². The first kappa shape index (κ1) is 18.5. The lowest BCUT2D eigenvalue weighted by Crippen LogP contribution is -2.43. The highest BCUT2D eigenvalue weighted by Gasteiger charge is 2.24. The normalized spacial score (nSPS) is 14.4. The van der Waals surface area contributed by atoms with Crippen LogP contribution in [0, 0.1) is 0 Å². The predicted molar refractivity (Wildman–Crippen MR) is 89.2 cm³/mol. The van der Waals surface area contributed by atoms with E-state index in [1.165, 1.54) is 0 Å². The van der Waals surface area contributed by atoms with Gasteiger partial charge in [-0.15, -0.1) is 0 Å². The Balaban J connectivity index is 2.99. The molecule has 122 valence electrons. The molecule has 0 saturated heterocycles. The lowest BCUT2D eigenvalue weighted by atomic mass is 10.0. The van der Waals surface area contributed by atoms with Crippen molar-refractivity contribution in [2.75, 3.05) is 13.2 Å². The number of rotatable bonds is 10. The predicted octanol–water partition coefficient (Wildman–Crippen LogP) is 3.45. The molecular weight excluding hydrogens is 286 g/mol. The number of aryl methyl sites for hydroxylation is 2. The van der Waals surface area contributed by atoms with Crippen LogP contribution in [0.1, 0.15) is 52.4 Å². The van der Waals surface area contributed by atoms with Crippen LogP contribution in [0.5, 0.6) is 0 Å². The van der Waals surface area contributed by atoms with Gasteiger partial charge in [-0.25, -0.2) is 0 Å². The monoisotopic (exact) mass is 315 g/mol. The largest absolute Gasteiger partial charge is 0.377 e. The van der Waals surface area contributed by atoms with Crippen molar-refractivity contribution in [1.29, 1.82) is 0 Å². The average Bonchev–Trinajstić information content (AvgIpc) is 2.80. The topological polar surface area (TPSA) is 39.1 Å². The van der Waals surface area contributed by atoms with Gasteiger partial charge in [0.1, 0.15) is 0 Å². The molecule has 2 unspecified atom stereocenters. The van der Waals surface area contributed by atoms with Gasteiger partial charge in [0, 0.05) is 25.6 Å². The Morgan fingerprint density at radius 1 is 1.24 bits per heavy atom. The fourth-order valence-electron chi connectivity index (χ4n) is 2.75. The summed E-state index contributed by atoms with van der Waals surface area (Å²) in [7, 11) is 0. The number of likely N-dealkylation sites (N-methyl/N-ethyl adjacent to an activating group) is 1. The summed E-state index contributed by atoms with van der Waals surface area (Å²) in [5.74, 6) is 0. The molecule has 0 radical (unpaired) electrons. The van der Waals surface area contributed by atoms with E-state index in [4.69, 9.17) is 16.3 Å². The van der Waals surface area contributed by atoms with E-state index in [0.717, 1.165) is 55.4 Å². The third kappa shape index (κ3) is 4.70. The molecular formula is C16H30ClN3O. The minimum Gasteiger partial charge on any atom is -0.377 e. The second-order valence-electron chi connectivity index (χ2n) is 5.15. The zero-order valence-electron chi connectivity index (χ0n) is 14.1. The minimum atomic E-state index is 0.205. The van der Waals surface area contributed by atoms with Gasteiger partial charge in [0.05, 0.1) is 22.5 Å². The zero-order valence-corrected chi connectivity index (χ0v) is 14.8. The maximum atomic E-state index is 6.53. The molecule has 4 nitrogen and oxygen atoms in total. The second-order valence-corrected chi connectivity index (χ2v) is 5.52. The summed E-state index contributed by atoms with van der Waals surface area (Å²) in [5, 5.41) is 8.98. The van der Waals surface area contributed by atoms with Crippen LogP contribution < -0.4 is 5.32 Å². The first-order valence-corrected chi connectivity index (χ1v) is 8.59. The van der Waals surface area contributed by atoms with Crippen molar-refractivity contribution in [3.63, 3.8) is 0 Å². The smallest absolute Gasteiger partial charge is 0.0850 e. The average molecular weight is 316 g/mol. The molecule has 0 aliphatic rings. The van der Waals surface area contributed by atoms with Gasteiger partial charge in [-0.2, -0.15) is 5.10 Å². The van der Waals surface area contributed by atoms with Crippen LogP contribution in [-0.4, -0.2) is 35.1 Å². The maximum absolute atomic E-state index is 6.53. The molecule has 0 aliphatic carbocycles. The molecule has 1 heterocycles. The van der Waals surface area contributed by atoms with Gasteiger partial charge >= 0.3 is 0 Å². The third-order valence-electron chi connectivity index (χ3n) is 3.81. The van der Waals surface area contributed by atoms with E-state index in [2.05, 4.69) is 38.1 Å². The van der Waals surface area contributed by atoms with Gasteiger partial charge in [-0.05, 0) is 33.2 Å². The lowest BCUT2D eigenvalue weighted by molar-refractivity contribution is 0.0318. The van der Waals surface area contributed by atoms with E-state index in [1.807, 2.05) is 11.6 Å². The summed E-state index contributed by atoms with van der Waals surface area (Å²) >= 11 is 6.53. The highest BCUT2D eigenvalue weighted by molar-refractivity contribution is 6.31. The summed E-state index contributed by atoms with van der Waals surface area (Å²) in [6, 6.07) is 0.268. The van der Waals surface area contributed by atoms with Crippen LogP contribution in [0.2, 0.25) is 5.02 Å². The lowest BCUT2D eigenvalue weighted by Gasteiger charge is -2.27. The molecule has 0 bridgehead atoms. The van der Waals surface area contributed by atoms with Crippen LogP contribution >= 0.6 is 11.6 Å². The van der Waals surface area contributed by atoms with E-state index < -0.39 is 0 Å². The van der Waals surface area contributed by atoms with Gasteiger partial charge in [0.2, 0.25) is 0 Å². The van der Waals surface area contributed by atoms with Gasteiger partial charge in [-0.1, -0.05) is 32.4 Å². The number of ether oxygens (including phenoxy) is 1. The van der Waals surface area contributed by atoms with Crippen LogP contribution in [0.3, 0.4) is 0 Å². The quantitative estimate of drug-likeness (QED) is 0.718. The van der Waals surface area contributed by atoms with Crippen molar-refractivity contribution >= 4 is 11.6 Å². The summed E-state index contributed by atoms with van der Waals surface area (Å²) in [6.45, 7) is 13.0. The zero-order chi connectivity index (χ0) is 15.8. The molecule has 0 spiro atoms. The van der Waals surface area contributed by atoms with Crippen molar-refractivity contribution in [3.8, 4) is 0 Å². The first-order chi connectivity index (χ1) is 10.1. The molecule has 0 saturated carbocycles. The maximum Gasteiger partial charge on any atom is 0.0850 e. The van der Waals surface area contributed by atoms with Crippen LogP contribution in [-0.2, 0) is 24.1 Å². The van der Waals surface area contributed by atoms with Gasteiger partial charge in [-0.3, -0.25) is 4.68 Å². The Labute approximate surface area is 134 Å². The molecule has 1 N–H and O–H groups in total. The molecule has 0 fully saturated rings. The Hall–Kier alpha value is -0.580. The van der Waals surface area contributed by atoms with Crippen LogP contribution in [0.4, 0.5) is 0 Å². The molecule has 1 aromatic heterocycles. The number of hydrogen-bond donors (Lipinski definition) is 1. The van der Waals surface area contributed by atoms with Crippen molar-refractivity contribution in [3.05, 3.63) is 16.4 Å². The van der Waals surface area contributed by atoms with Gasteiger partial charge in [0.15, 0.2) is 0 Å². The SMILES string of the molecule is CCNC(Cc1c(Cl)c(CC)nn1CC)C(CC)OCC. The summed E-state index contributed by atoms with van der Waals surface area (Å²) in [5.41, 5.74) is 2.12. The molecule has 1 aromatic rings. The Morgan fingerprint density at radius 2 is 1.95 bits per heavy atom. The molecule has 21 heavy (non-hydrogen) atoms. The first-order valence-electron chi connectivity index (χ1n) is 8.21. The van der Waals surface area contributed by atoms with Crippen molar-refractivity contribution in [1.82, 2.24) is 15.1 Å². The van der Waals surface area contributed by atoms with E-state index in [1.54, 1.807) is 0 Å². The molecule has 5 heteroatoms. The van der Waals surface area contributed by atoms with Crippen molar-refractivity contribution in [2.24, 2.45) is 0 Å². The molecule has 2 atom stereocenters. The van der Waals surface area contributed by atoms with E-state index in [0.29, 0.717) is 0 Å². The Morgan fingerprint density at radius 3 is 2.43 bits per heavy atom. The van der Waals surface area contributed by atoms with Crippen LogP contribution in [0.25, 0.3) is 0 Å². The molecule has 0 amide bonds. The molecule has 0 aromatic carbocycles. The fourth-order valence-corrected chi connectivity index (χ4v) is 3.10. The van der Waals surface area contributed by atoms with Crippen molar-refractivity contribution < 1.29 is 4.74 Å². The van der Waals surface area contributed by atoms with E-state index in [9.17, 15) is 0 Å². The number of hydrogen-bond acceptors (Lipinski definition) is 3. The van der Waals surface area contributed by atoms with E-state index >= 15 is 0 Å². The Kier molecular flexibility index (Phi) is 8.30. The molecule has 1 rings (SSSR count). The van der Waals surface area contributed by atoms with Gasteiger partial charge < -0.3 is 10.1 Å². The minimum absolute atomic E-state index is 0.205. The highest BCUT2D eigenvalue weighted by Crippen LogP contribution is 2.24. The number of nitrogens with one attached hydrogen (secondary N) is 1. The summed E-state index contributed by atoms with van der Waals surface area (Å²) < 4.78 is 7.92. The standard InChI is InChI=1S/C16H30ClN3O/c1-6-12-16(17)14(20(9-4)19-12)11-13(18-8-3)15(7-2)21-10-5/h13,15,18H,6-11H2,1-5H3. The fraction of sp³-hybridized carbons (Fsp3) is 0.812. The van der Waals surface area contributed by atoms with Crippen molar-refractivity contribution in [2.45, 2.75) is 72.6 Å². The summed E-state index contributed by atoms with van der Waals surface area (Å²) in [6.07, 6.45) is 2.92. The molecule has 0 aliphatic heterocycles. The Bertz CT molecular complexity index is 420. The number of halogens is 1. The summed E-state index contributed by atoms with van der Waals surface area (Å²) in [4.78, 5) is 0. The number of aromatic nitrogens is 2. The van der Waals surface area contributed by atoms with E-state index in [-0.39, 0.29) is 12.1 Å². The highest BCUT2D eigenvalue weighted by atomic mass is 35.5. The number of nitrogens with zero attached hydrogens (tertiary/aromatic N) is 2. The van der Waals surface area contributed by atoms with Crippen LogP contribution in [0.15, 0.2) is 0 Å². The third-order valence-corrected chi connectivity index (χ3v) is 4.24. The second kappa shape index (κ2) is 9.44.